The Morgan fingerprint density at radius 3 is 2.88 bits per heavy atom. The average Bonchev–Trinajstić information content (AvgIpc) is 3.03. The van der Waals surface area contributed by atoms with Crippen molar-refractivity contribution in [2.24, 2.45) is 5.10 Å². The monoisotopic (exact) mass is 360 g/mol. The SMILES string of the molecule is Cc1cccc(OCC(=O)N/N=C\c2cc3c(cc2Cl)OCO3)c1C. The number of hydrazone groups is 1. The number of nitrogens with zero attached hydrogens (tertiary/aromatic N) is 1. The van der Waals surface area contributed by atoms with Gasteiger partial charge in [-0.25, -0.2) is 5.43 Å². The van der Waals surface area contributed by atoms with E-state index in [9.17, 15) is 4.79 Å². The molecule has 130 valence electrons. The number of aryl methyl sites for hydroxylation is 1. The third kappa shape index (κ3) is 4.03. The van der Waals surface area contributed by atoms with E-state index in [0.717, 1.165) is 11.1 Å². The molecule has 0 spiro atoms. The first-order chi connectivity index (χ1) is 12.0. The Bertz CT molecular complexity index is 836. The zero-order valence-corrected chi connectivity index (χ0v) is 14.6. The van der Waals surface area contributed by atoms with E-state index < -0.39 is 0 Å². The van der Waals surface area contributed by atoms with Gasteiger partial charge in [-0.05, 0) is 37.1 Å². The zero-order valence-electron chi connectivity index (χ0n) is 13.8. The van der Waals surface area contributed by atoms with E-state index >= 15 is 0 Å². The third-order valence-electron chi connectivity index (χ3n) is 3.80. The number of hydrogen-bond donors (Lipinski definition) is 1. The second-order valence-corrected chi connectivity index (χ2v) is 5.91. The Balaban J connectivity index is 1.55. The summed E-state index contributed by atoms with van der Waals surface area (Å²) in [5.41, 5.74) is 5.13. The largest absolute Gasteiger partial charge is 0.483 e. The fourth-order valence-corrected chi connectivity index (χ4v) is 2.46. The minimum absolute atomic E-state index is 0.128. The minimum atomic E-state index is -0.367. The predicted octanol–water partition coefficient (Wildman–Crippen LogP) is 3.21. The Labute approximate surface area is 150 Å². The molecule has 0 unspecified atom stereocenters. The fourth-order valence-electron chi connectivity index (χ4n) is 2.26. The molecule has 0 atom stereocenters. The second kappa shape index (κ2) is 7.44. The van der Waals surface area contributed by atoms with E-state index in [4.69, 9.17) is 25.8 Å². The van der Waals surface area contributed by atoms with Gasteiger partial charge in [0.25, 0.3) is 5.91 Å². The number of amides is 1. The standard InChI is InChI=1S/C18H17ClN2O4/c1-11-4-3-5-15(12(11)2)23-9-18(22)21-20-8-13-6-16-17(7-14(13)19)25-10-24-16/h3-8H,9-10H2,1-2H3,(H,21,22)/b20-8-. The Morgan fingerprint density at radius 1 is 1.32 bits per heavy atom. The van der Waals surface area contributed by atoms with Crippen molar-refractivity contribution < 1.29 is 19.0 Å². The summed E-state index contributed by atoms with van der Waals surface area (Å²) in [4.78, 5) is 11.8. The van der Waals surface area contributed by atoms with Crippen LogP contribution in [0, 0.1) is 13.8 Å². The average molecular weight is 361 g/mol. The van der Waals surface area contributed by atoms with Gasteiger partial charge in [-0.2, -0.15) is 5.10 Å². The van der Waals surface area contributed by atoms with Crippen LogP contribution in [0.3, 0.4) is 0 Å². The number of halogens is 1. The molecule has 1 heterocycles. The highest BCUT2D eigenvalue weighted by Gasteiger charge is 2.15. The van der Waals surface area contributed by atoms with Crippen molar-refractivity contribution in [2.45, 2.75) is 13.8 Å². The van der Waals surface area contributed by atoms with Crippen molar-refractivity contribution in [1.82, 2.24) is 5.43 Å². The van der Waals surface area contributed by atoms with E-state index in [1.54, 1.807) is 12.1 Å². The summed E-state index contributed by atoms with van der Waals surface area (Å²) >= 11 is 6.13. The van der Waals surface area contributed by atoms with E-state index in [1.165, 1.54) is 6.21 Å². The van der Waals surface area contributed by atoms with Gasteiger partial charge in [-0.3, -0.25) is 4.79 Å². The molecular weight excluding hydrogens is 344 g/mol. The van der Waals surface area contributed by atoms with Gasteiger partial charge in [-0.15, -0.1) is 0 Å². The molecular formula is C18H17ClN2O4. The maximum Gasteiger partial charge on any atom is 0.277 e. The van der Waals surface area contributed by atoms with Gasteiger partial charge in [0, 0.05) is 11.6 Å². The van der Waals surface area contributed by atoms with Crippen LogP contribution in [0.2, 0.25) is 5.02 Å². The molecule has 1 aliphatic heterocycles. The molecule has 1 amide bonds. The summed E-state index contributed by atoms with van der Waals surface area (Å²) < 4.78 is 16.0. The lowest BCUT2D eigenvalue weighted by atomic mass is 10.1. The summed E-state index contributed by atoms with van der Waals surface area (Å²) in [6.45, 7) is 3.97. The zero-order chi connectivity index (χ0) is 17.8. The second-order valence-electron chi connectivity index (χ2n) is 5.51. The van der Waals surface area contributed by atoms with Crippen LogP contribution in [-0.2, 0) is 4.79 Å². The molecule has 2 aromatic carbocycles. The molecule has 25 heavy (non-hydrogen) atoms. The summed E-state index contributed by atoms with van der Waals surface area (Å²) in [7, 11) is 0. The Hall–Kier alpha value is -2.73. The molecule has 0 saturated carbocycles. The van der Waals surface area contributed by atoms with E-state index in [2.05, 4.69) is 10.5 Å². The highest BCUT2D eigenvalue weighted by Crippen LogP contribution is 2.36. The number of benzene rings is 2. The van der Waals surface area contributed by atoms with Crippen LogP contribution in [0.25, 0.3) is 0 Å². The molecule has 6 nitrogen and oxygen atoms in total. The maximum absolute atomic E-state index is 11.8. The van der Waals surface area contributed by atoms with Crippen molar-refractivity contribution >= 4 is 23.7 Å². The lowest BCUT2D eigenvalue weighted by Crippen LogP contribution is -2.24. The molecule has 7 heteroatoms. The number of carbonyl (C=O) groups is 1. The van der Waals surface area contributed by atoms with E-state index in [0.29, 0.717) is 27.8 Å². The smallest absolute Gasteiger partial charge is 0.277 e. The van der Waals surface area contributed by atoms with Crippen LogP contribution in [-0.4, -0.2) is 25.5 Å². The van der Waals surface area contributed by atoms with Crippen molar-refractivity contribution in [2.75, 3.05) is 13.4 Å². The summed E-state index contributed by atoms with van der Waals surface area (Å²) in [5, 5.41) is 4.35. The van der Waals surface area contributed by atoms with Gasteiger partial charge in [0.05, 0.1) is 11.2 Å². The molecule has 0 fully saturated rings. The molecule has 0 bridgehead atoms. The lowest BCUT2D eigenvalue weighted by molar-refractivity contribution is -0.123. The van der Waals surface area contributed by atoms with Gasteiger partial charge in [0.15, 0.2) is 18.1 Å². The van der Waals surface area contributed by atoms with Crippen molar-refractivity contribution in [3.05, 3.63) is 52.0 Å². The quantitative estimate of drug-likeness (QED) is 0.656. The molecule has 1 N–H and O–H groups in total. The number of hydrogen-bond acceptors (Lipinski definition) is 5. The topological polar surface area (TPSA) is 69.2 Å². The van der Waals surface area contributed by atoms with Crippen LogP contribution in [0.5, 0.6) is 17.2 Å². The maximum atomic E-state index is 11.8. The summed E-state index contributed by atoms with van der Waals surface area (Å²) in [6, 6.07) is 9.05. The molecule has 0 aliphatic carbocycles. The van der Waals surface area contributed by atoms with Crippen molar-refractivity contribution in [1.29, 1.82) is 0 Å². The number of fused-ring (bicyclic) bond motifs is 1. The predicted molar refractivity (Wildman–Crippen MR) is 94.7 cm³/mol. The van der Waals surface area contributed by atoms with Crippen molar-refractivity contribution in [3.63, 3.8) is 0 Å². The number of rotatable bonds is 5. The highest BCUT2D eigenvalue weighted by atomic mass is 35.5. The van der Waals surface area contributed by atoms with Gasteiger partial charge in [0.2, 0.25) is 6.79 Å². The van der Waals surface area contributed by atoms with Crippen LogP contribution >= 0.6 is 11.6 Å². The summed E-state index contributed by atoms with van der Waals surface area (Å²) in [5.74, 6) is 1.50. The normalized spacial score (nSPS) is 12.4. The number of ether oxygens (including phenoxy) is 3. The first-order valence-electron chi connectivity index (χ1n) is 7.64. The van der Waals surface area contributed by atoms with Gasteiger partial charge >= 0.3 is 0 Å². The third-order valence-corrected chi connectivity index (χ3v) is 4.13. The van der Waals surface area contributed by atoms with Crippen LogP contribution in [0.15, 0.2) is 35.4 Å². The molecule has 2 aromatic rings. The molecule has 0 aromatic heterocycles. The van der Waals surface area contributed by atoms with E-state index in [-0.39, 0.29) is 19.3 Å². The number of nitrogens with one attached hydrogen (secondary N) is 1. The molecule has 0 saturated heterocycles. The van der Waals surface area contributed by atoms with Crippen LogP contribution < -0.4 is 19.6 Å². The van der Waals surface area contributed by atoms with Gasteiger partial charge in [0.1, 0.15) is 5.75 Å². The van der Waals surface area contributed by atoms with Crippen molar-refractivity contribution in [3.8, 4) is 17.2 Å². The fraction of sp³-hybridized carbons (Fsp3) is 0.222. The molecule has 3 rings (SSSR count). The Kier molecular flexibility index (Phi) is 5.09. The number of carbonyl (C=O) groups excluding carboxylic acids is 1. The Morgan fingerprint density at radius 2 is 2.08 bits per heavy atom. The minimum Gasteiger partial charge on any atom is -0.483 e. The van der Waals surface area contributed by atoms with Crippen LogP contribution in [0.4, 0.5) is 0 Å². The van der Waals surface area contributed by atoms with Crippen LogP contribution in [0.1, 0.15) is 16.7 Å². The first-order valence-corrected chi connectivity index (χ1v) is 8.02. The molecule has 1 aliphatic rings. The first kappa shape index (κ1) is 17.1. The highest BCUT2D eigenvalue weighted by molar-refractivity contribution is 6.33. The summed E-state index contributed by atoms with van der Waals surface area (Å²) in [6.07, 6.45) is 1.44. The van der Waals surface area contributed by atoms with Gasteiger partial charge < -0.3 is 14.2 Å². The van der Waals surface area contributed by atoms with E-state index in [1.807, 2.05) is 32.0 Å². The molecule has 0 radical (unpaired) electrons. The lowest BCUT2D eigenvalue weighted by Gasteiger charge is -2.09. The van der Waals surface area contributed by atoms with Gasteiger partial charge in [-0.1, -0.05) is 23.7 Å².